The van der Waals surface area contributed by atoms with Gasteiger partial charge in [0, 0.05) is 16.5 Å². The minimum atomic E-state index is -0.432. The molecular formula is C20H41N3O2. The third-order valence-electron chi connectivity index (χ3n) is 3.76. The Labute approximate surface area is 155 Å². The van der Waals surface area contributed by atoms with Crippen LogP contribution >= 0.6 is 0 Å². The summed E-state index contributed by atoms with van der Waals surface area (Å²) >= 11 is 0. The average Bonchev–Trinajstić information content (AvgIpc) is 2.39. The molecule has 0 aliphatic rings. The number of Topliss-reactive ketones (excluding diaryl/α,β-unsaturated/α-hetero) is 1. The maximum Gasteiger partial charge on any atom is 0.237 e. The van der Waals surface area contributed by atoms with Crippen LogP contribution in [-0.4, -0.2) is 41.9 Å². The van der Waals surface area contributed by atoms with Crippen molar-refractivity contribution in [2.75, 3.05) is 13.1 Å². The number of hydrogen-bond donors (Lipinski definition) is 3. The first-order valence-corrected chi connectivity index (χ1v) is 9.45. The van der Waals surface area contributed by atoms with Gasteiger partial charge in [0.25, 0.3) is 0 Å². The van der Waals surface area contributed by atoms with Crippen LogP contribution in [0.1, 0.15) is 81.6 Å². The molecule has 0 aliphatic carbocycles. The Morgan fingerprint density at radius 3 is 1.84 bits per heavy atom. The van der Waals surface area contributed by atoms with Crippen molar-refractivity contribution >= 4 is 11.7 Å². The van der Waals surface area contributed by atoms with E-state index >= 15 is 0 Å². The van der Waals surface area contributed by atoms with Gasteiger partial charge in [0.2, 0.25) is 5.91 Å². The van der Waals surface area contributed by atoms with E-state index in [4.69, 9.17) is 0 Å². The summed E-state index contributed by atoms with van der Waals surface area (Å²) in [7, 11) is 0. The lowest BCUT2D eigenvalue weighted by molar-refractivity contribution is -0.130. The zero-order valence-electron chi connectivity index (χ0n) is 17.9. The molecular weight excluding hydrogens is 314 g/mol. The summed E-state index contributed by atoms with van der Waals surface area (Å²) in [6, 6.07) is -0.276. The van der Waals surface area contributed by atoms with Crippen LogP contribution in [0, 0.1) is 5.41 Å². The van der Waals surface area contributed by atoms with Crippen LogP contribution in [0.2, 0.25) is 0 Å². The van der Waals surface area contributed by atoms with E-state index in [1.165, 1.54) is 0 Å². The summed E-state index contributed by atoms with van der Waals surface area (Å²) in [5.74, 6) is -0.0407. The van der Waals surface area contributed by atoms with E-state index < -0.39 is 5.41 Å². The molecule has 0 rings (SSSR count). The molecule has 5 nitrogen and oxygen atoms in total. The highest BCUT2D eigenvalue weighted by Crippen LogP contribution is 2.14. The van der Waals surface area contributed by atoms with Gasteiger partial charge < -0.3 is 16.0 Å². The van der Waals surface area contributed by atoms with Crippen molar-refractivity contribution in [3.63, 3.8) is 0 Å². The van der Waals surface area contributed by atoms with Crippen LogP contribution < -0.4 is 16.0 Å². The molecule has 0 saturated heterocycles. The second kappa shape index (κ2) is 9.67. The van der Waals surface area contributed by atoms with E-state index in [0.29, 0.717) is 0 Å². The fourth-order valence-electron chi connectivity index (χ4n) is 2.28. The molecule has 0 aliphatic heterocycles. The molecule has 148 valence electrons. The third kappa shape index (κ3) is 13.0. The molecule has 5 heteroatoms. The maximum absolute atomic E-state index is 12.5. The minimum Gasteiger partial charge on any atom is -0.348 e. The maximum atomic E-state index is 12.5. The second-order valence-electron chi connectivity index (χ2n) is 10.0. The Kier molecular flexibility index (Phi) is 9.31. The first-order chi connectivity index (χ1) is 11.1. The van der Waals surface area contributed by atoms with Crippen LogP contribution in [0.4, 0.5) is 0 Å². The van der Waals surface area contributed by atoms with E-state index in [0.717, 1.165) is 25.8 Å². The summed E-state index contributed by atoms with van der Waals surface area (Å²) in [5.41, 5.74) is -0.466. The minimum absolute atomic E-state index is 0.0461. The van der Waals surface area contributed by atoms with E-state index in [2.05, 4.69) is 57.5 Å². The summed E-state index contributed by atoms with van der Waals surface area (Å²) in [4.78, 5) is 24.6. The first-order valence-electron chi connectivity index (χ1n) is 9.45. The predicted octanol–water partition coefficient (Wildman–Crippen LogP) is 3.03. The van der Waals surface area contributed by atoms with Gasteiger partial charge in [-0.2, -0.15) is 0 Å². The highest BCUT2D eigenvalue weighted by atomic mass is 16.2. The SMILES string of the molecule is CC(C)(C)NCCCCC(NC(C)(C)C)C(=O)NCC(=O)C(C)(C)C. The lowest BCUT2D eigenvalue weighted by atomic mass is 9.91. The molecule has 0 bridgehead atoms. The van der Waals surface area contributed by atoms with Gasteiger partial charge in [0.1, 0.15) is 0 Å². The number of rotatable bonds is 9. The number of hydrogen-bond acceptors (Lipinski definition) is 4. The lowest BCUT2D eigenvalue weighted by Crippen LogP contribution is -2.52. The van der Waals surface area contributed by atoms with Crippen molar-refractivity contribution in [1.29, 1.82) is 0 Å². The molecule has 3 N–H and O–H groups in total. The standard InChI is InChI=1S/C20H41N3O2/c1-18(2,3)16(24)14-21-17(25)15(23-20(7,8)9)12-10-11-13-22-19(4,5)6/h15,22-23H,10-14H2,1-9H3,(H,21,25). The average molecular weight is 356 g/mol. The third-order valence-corrected chi connectivity index (χ3v) is 3.76. The van der Waals surface area contributed by atoms with Crippen molar-refractivity contribution in [3.05, 3.63) is 0 Å². The lowest BCUT2D eigenvalue weighted by Gasteiger charge is -2.28. The van der Waals surface area contributed by atoms with Gasteiger partial charge in [0.05, 0.1) is 12.6 Å². The molecule has 0 spiro atoms. The predicted molar refractivity (Wildman–Crippen MR) is 106 cm³/mol. The Morgan fingerprint density at radius 1 is 0.840 bits per heavy atom. The van der Waals surface area contributed by atoms with Gasteiger partial charge in [-0.3, -0.25) is 9.59 Å². The van der Waals surface area contributed by atoms with Crippen molar-refractivity contribution in [1.82, 2.24) is 16.0 Å². The van der Waals surface area contributed by atoms with Gasteiger partial charge >= 0.3 is 0 Å². The van der Waals surface area contributed by atoms with E-state index in [9.17, 15) is 9.59 Å². The van der Waals surface area contributed by atoms with Crippen molar-refractivity contribution in [3.8, 4) is 0 Å². The summed E-state index contributed by atoms with van der Waals surface area (Å²) < 4.78 is 0. The molecule has 25 heavy (non-hydrogen) atoms. The smallest absolute Gasteiger partial charge is 0.237 e. The molecule has 0 heterocycles. The highest BCUT2D eigenvalue weighted by molar-refractivity contribution is 5.90. The fourth-order valence-corrected chi connectivity index (χ4v) is 2.28. The normalized spacial score (nSPS) is 14.3. The summed E-state index contributed by atoms with van der Waals surface area (Å²) in [5, 5.41) is 9.66. The van der Waals surface area contributed by atoms with Crippen LogP contribution in [0.3, 0.4) is 0 Å². The summed E-state index contributed by atoms with van der Waals surface area (Å²) in [6.07, 6.45) is 2.74. The molecule has 0 aromatic rings. The molecule has 1 amide bonds. The van der Waals surface area contributed by atoms with Gasteiger partial charge in [-0.1, -0.05) is 27.2 Å². The fraction of sp³-hybridized carbons (Fsp3) is 0.900. The molecule has 1 unspecified atom stereocenters. The molecule has 0 saturated carbocycles. The van der Waals surface area contributed by atoms with Gasteiger partial charge in [-0.05, 0) is 60.9 Å². The highest BCUT2D eigenvalue weighted by Gasteiger charge is 2.26. The second-order valence-corrected chi connectivity index (χ2v) is 10.0. The monoisotopic (exact) mass is 355 g/mol. The van der Waals surface area contributed by atoms with Crippen LogP contribution in [0.25, 0.3) is 0 Å². The Morgan fingerprint density at radius 2 is 1.40 bits per heavy atom. The Hall–Kier alpha value is -0.940. The van der Waals surface area contributed by atoms with Gasteiger partial charge in [-0.25, -0.2) is 0 Å². The zero-order chi connectivity index (χ0) is 19.9. The number of carbonyl (C=O) groups excluding carboxylic acids is 2. The molecule has 0 aromatic heterocycles. The molecule has 0 radical (unpaired) electrons. The first kappa shape index (κ1) is 24.1. The Bertz CT molecular complexity index is 426. The number of nitrogens with one attached hydrogen (secondary N) is 3. The quantitative estimate of drug-likeness (QED) is 0.556. The molecule has 1 atom stereocenters. The number of ketones is 1. The topological polar surface area (TPSA) is 70.2 Å². The summed E-state index contributed by atoms with van der Waals surface area (Å²) in [6.45, 7) is 19.2. The van der Waals surface area contributed by atoms with E-state index in [-0.39, 0.29) is 35.4 Å². The van der Waals surface area contributed by atoms with E-state index in [1.807, 2.05) is 20.8 Å². The Balaban J connectivity index is 4.51. The number of amides is 1. The van der Waals surface area contributed by atoms with Crippen LogP contribution in [0.15, 0.2) is 0 Å². The van der Waals surface area contributed by atoms with Crippen molar-refractivity contribution in [2.45, 2.75) is 98.7 Å². The zero-order valence-corrected chi connectivity index (χ0v) is 17.9. The van der Waals surface area contributed by atoms with E-state index in [1.54, 1.807) is 0 Å². The number of carbonyl (C=O) groups is 2. The largest absolute Gasteiger partial charge is 0.348 e. The van der Waals surface area contributed by atoms with Gasteiger partial charge in [0.15, 0.2) is 5.78 Å². The van der Waals surface area contributed by atoms with Crippen LogP contribution in [-0.2, 0) is 9.59 Å². The number of unbranched alkanes of at least 4 members (excludes halogenated alkanes) is 1. The van der Waals surface area contributed by atoms with Crippen LogP contribution in [0.5, 0.6) is 0 Å². The molecule has 0 aromatic carbocycles. The molecule has 0 fully saturated rings. The van der Waals surface area contributed by atoms with Crippen molar-refractivity contribution in [2.24, 2.45) is 5.41 Å². The van der Waals surface area contributed by atoms with Gasteiger partial charge in [-0.15, -0.1) is 0 Å². The van der Waals surface area contributed by atoms with Crippen molar-refractivity contribution < 1.29 is 9.59 Å².